The van der Waals surface area contributed by atoms with Crippen LogP contribution in [-0.4, -0.2) is 16.8 Å². The maximum atomic E-state index is 9.86. The van der Waals surface area contributed by atoms with Crippen LogP contribution >= 0.6 is 0 Å². The lowest BCUT2D eigenvalue weighted by atomic mass is 10.1. The molecule has 0 heterocycles. The number of hydrogen-bond acceptors (Lipinski definition) is 3. The predicted octanol–water partition coefficient (Wildman–Crippen LogP) is 3.49. The largest absolute Gasteiger partial charge is 0.508 e. The minimum Gasteiger partial charge on any atom is -0.508 e. The van der Waals surface area contributed by atoms with E-state index in [9.17, 15) is 5.11 Å². The number of anilines is 1. The van der Waals surface area contributed by atoms with Crippen LogP contribution in [0.3, 0.4) is 0 Å². The van der Waals surface area contributed by atoms with E-state index in [1.807, 2.05) is 37.3 Å². The van der Waals surface area contributed by atoms with Crippen molar-refractivity contribution < 1.29 is 10.2 Å². The summed E-state index contributed by atoms with van der Waals surface area (Å²) in [5.74, 6) is 0.309. The number of aliphatic hydroxyl groups excluding tert-OH is 1. The Kier molecular flexibility index (Phi) is 5.02. The summed E-state index contributed by atoms with van der Waals surface area (Å²) < 4.78 is 0. The molecule has 0 saturated heterocycles. The first kappa shape index (κ1) is 14.4. The van der Waals surface area contributed by atoms with Crippen molar-refractivity contribution in [2.45, 2.75) is 25.8 Å². The molecular formula is C17H21NO2. The average Bonchev–Trinajstić information content (AvgIpc) is 2.46. The van der Waals surface area contributed by atoms with Crippen LogP contribution in [0.2, 0.25) is 0 Å². The van der Waals surface area contributed by atoms with Gasteiger partial charge in [-0.25, -0.2) is 0 Å². The first-order valence-electron chi connectivity index (χ1n) is 6.95. The van der Waals surface area contributed by atoms with Gasteiger partial charge in [-0.1, -0.05) is 30.3 Å². The highest BCUT2D eigenvalue weighted by Crippen LogP contribution is 2.26. The summed E-state index contributed by atoms with van der Waals surface area (Å²) in [7, 11) is 0. The molecule has 0 saturated carbocycles. The maximum Gasteiger partial charge on any atom is 0.120 e. The number of para-hydroxylation sites is 1. The van der Waals surface area contributed by atoms with Gasteiger partial charge in [-0.05, 0) is 43.5 Å². The SMILES string of the molecule is CC(Nc1cccc(CCCO)c1)c1ccccc1O. The molecule has 3 N–H and O–H groups in total. The Bertz CT molecular complexity index is 554. The number of hydrogen-bond donors (Lipinski definition) is 3. The molecule has 3 heteroatoms. The molecule has 0 aliphatic carbocycles. The first-order valence-corrected chi connectivity index (χ1v) is 6.95. The molecule has 20 heavy (non-hydrogen) atoms. The maximum absolute atomic E-state index is 9.86. The molecule has 0 radical (unpaired) electrons. The lowest BCUT2D eigenvalue weighted by Gasteiger charge is -2.17. The van der Waals surface area contributed by atoms with Crippen molar-refractivity contribution >= 4 is 5.69 Å². The Hall–Kier alpha value is -2.00. The van der Waals surface area contributed by atoms with Gasteiger partial charge in [-0.15, -0.1) is 0 Å². The molecule has 0 fully saturated rings. The van der Waals surface area contributed by atoms with Crippen molar-refractivity contribution in [2.24, 2.45) is 0 Å². The van der Waals surface area contributed by atoms with Crippen LogP contribution in [0.5, 0.6) is 5.75 Å². The molecule has 0 bridgehead atoms. The first-order chi connectivity index (χ1) is 9.70. The molecular weight excluding hydrogens is 250 g/mol. The van der Waals surface area contributed by atoms with Crippen LogP contribution < -0.4 is 5.32 Å². The van der Waals surface area contributed by atoms with Gasteiger partial charge in [0.05, 0.1) is 6.04 Å². The molecule has 2 aromatic rings. The molecule has 2 rings (SSSR count). The third-order valence-corrected chi connectivity index (χ3v) is 3.34. The topological polar surface area (TPSA) is 52.5 Å². The summed E-state index contributed by atoms with van der Waals surface area (Å²) in [4.78, 5) is 0. The van der Waals surface area contributed by atoms with E-state index in [1.54, 1.807) is 6.07 Å². The molecule has 0 aromatic heterocycles. The van der Waals surface area contributed by atoms with Crippen molar-refractivity contribution in [1.82, 2.24) is 0 Å². The number of benzene rings is 2. The Labute approximate surface area is 119 Å². The van der Waals surface area contributed by atoms with E-state index in [1.165, 1.54) is 5.56 Å². The third-order valence-electron chi connectivity index (χ3n) is 3.34. The fourth-order valence-electron chi connectivity index (χ4n) is 2.28. The van der Waals surface area contributed by atoms with Gasteiger partial charge < -0.3 is 15.5 Å². The summed E-state index contributed by atoms with van der Waals surface area (Å²) in [6.07, 6.45) is 1.65. The van der Waals surface area contributed by atoms with E-state index >= 15 is 0 Å². The highest BCUT2D eigenvalue weighted by Gasteiger charge is 2.09. The van der Waals surface area contributed by atoms with Crippen molar-refractivity contribution in [3.8, 4) is 5.75 Å². The van der Waals surface area contributed by atoms with E-state index in [-0.39, 0.29) is 12.6 Å². The number of nitrogens with one attached hydrogen (secondary N) is 1. The quantitative estimate of drug-likeness (QED) is 0.754. The van der Waals surface area contributed by atoms with E-state index in [0.717, 1.165) is 24.1 Å². The Morgan fingerprint density at radius 2 is 1.90 bits per heavy atom. The van der Waals surface area contributed by atoms with Crippen molar-refractivity contribution in [3.05, 3.63) is 59.7 Å². The van der Waals surface area contributed by atoms with E-state index in [2.05, 4.69) is 17.4 Å². The normalized spacial score (nSPS) is 12.1. The van der Waals surface area contributed by atoms with Crippen LogP contribution in [-0.2, 0) is 6.42 Å². The lowest BCUT2D eigenvalue weighted by molar-refractivity contribution is 0.288. The monoisotopic (exact) mass is 271 g/mol. The van der Waals surface area contributed by atoms with Gasteiger partial charge in [0, 0.05) is 17.9 Å². The molecule has 3 nitrogen and oxygen atoms in total. The Balaban J connectivity index is 2.08. The van der Waals surface area contributed by atoms with Crippen LogP contribution in [0, 0.1) is 0 Å². The Morgan fingerprint density at radius 3 is 2.65 bits per heavy atom. The summed E-state index contributed by atoms with van der Waals surface area (Å²) in [5.41, 5.74) is 3.11. The fraction of sp³-hybridized carbons (Fsp3) is 0.294. The molecule has 2 aromatic carbocycles. The molecule has 1 unspecified atom stereocenters. The van der Waals surface area contributed by atoms with Crippen molar-refractivity contribution in [3.63, 3.8) is 0 Å². The van der Waals surface area contributed by atoms with Crippen LogP contribution in [0.1, 0.15) is 30.5 Å². The van der Waals surface area contributed by atoms with E-state index in [0.29, 0.717) is 5.75 Å². The van der Waals surface area contributed by atoms with E-state index in [4.69, 9.17) is 5.11 Å². The third kappa shape index (κ3) is 3.75. The highest BCUT2D eigenvalue weighted by molar-refractivity contribution is 5.49. The number of aromatic hydroxyl groups is 1. The number of rotatable bonds is 6. The van der Waals surface area contributed by atoms with Crippen LogP contribution in [0.25, 0.3) is 0 Å². The second-order valence-corrected chi connectivity index (χ2v) is 4.95. The Morgan fingerprint density at radius 1 is 1.10 bits per heavy atom. The zero-order valence-corrected chi connectivity index (χ0v) is 11.7. The van der Waals surface area contributed by atoms with Gasteiger partial charge in [0.15, 0.2) is 0 Å². The second kappa shape index (κ2) is 6.96. The summed E-state index contributed by atoms with van der Waals surface area (Å²) in [6.45, 7) is 2.24. The van der Waals surface area contributed by atoms with Crippen molar-refractivity contribution in [2.75, 3.05) is 11.9 Å². The number of phenolic OH excluding ortho intramolecular Hbond substituents is 1. The van der Waals surface area contributed by atoms with Crippen LogP contribution in [0.15, 0.2) is 48.5 Å². The van der Waals surface area contributed by atoms with E-state index < -0.39 is 0 Å². The minimum absolute atomic E-state index is 0.0318. The molecule has 1 atom stereocenters. The molecule has 106 valence electrons. The van der Waals surface area contributed by atoms with Gasteiger partial charge in [0.2, 0.25) is 0 Å². The van der Waals surface area contributed by atoms with Gasteiger partial charge in [-0.3, -0.25) is 0 Å². The fourth-order valence-corrected chi connectivity index (χ4v) is 2.28. The van der Waals surface area contributed by atoms with Gasteiger partial charge >= 0.3 is 0 Å². The highest BCUT2D eigenvalue weighted by atomic mass is 16.3. The zero-order valence-electron chi connectivity index (χ0n) is 11.7. The second-order valence-electron chi connectivity index (χ2n) is 4.95. The predicted molar refractivity (Wildman–Crippen MR) is 82.0 cm³/mol. The lowest BCUT2D eigenvalue weighted by Crippen LogP contribution is -2.07. The summed E-state index contributed by atoms with van der Waals surface area (Å²) in [5, 5.41) is 22.1. The molecule has 0 aliphatic heterocycles. The van der Waals surface area contributed by atoms with Gasteiger partial charge in [0.1, 0.15) is 5.75 Å². The summed E-state index contributed by atoms with van der Waals surface area (Å²) >= 11 is 0. The molecule has 0 amide bonds. The minimum atomic E-state index is 0.0318. The molecule has 0 aliphatic rings. The smallest absolute Gasteiger partial charge is 0.120 e. The zero-order chi connectivity index (χ0) is 14.4. The van der Waals surface area contributed by atoms with Crippen LogP contribution in [0.4, 0.5) is 5.69 Å². The average molecular weight is 271 g/mol. The van der Waals surface area contributed by atoms with Gasteiger partial charge in [-0.2, -0.15) is 0 Å². The number of aliphatic hydroxyl groups is 1. The number of aryl methyl sites for hydroxylation is 1. The summed E-state index contributed by atoms with van der Waals surface area (Å²) in [6, 6.07) is 15.6. The molecule has 0 spiro atoms. The van der Waals surface area contributed by atoms with Gasteiger partial charge in [0.25, 0.3) is 0 Å². The number of phenols is 1. The van der Waals surface area contributed by atoms with Crippen molar-refractivity contribution in [1.29, 1.82) is 0 Å². The standard InChI is InChI=1S/C17H21NO2/c1-13(16-9-2-3-10-17(16)20)18-15-8-4-6-14(12-15)7-5-11-19/h2-4,6,8-10,12-13,18-20H,5,7,11H2,1H3.